The van der Waals surface area contributed by atoms with Gasteiger partial charge < -0.3 is 9.47 Å². The number of rotatable bonds is 5. The zero-order chi connectivity index (χ0) is 13.8. The highest BCUT2D eigenvalue weighted by atomic mass is 35.5. The van der Waals surface area contributed by atoms with Crippen LogP contribution in [-0.4, -0.2) is 28.4 Å². The van der Waals surface area contributed by atoms with Gasteiger partial charge in [0.2, 0.25) is 0 Å². The Morgan fingerprint density at radius 1 is 1.47 bits per heavy atom. The molecule has 1 aromatic carbocycles. The van der Waals surface area contributed by atoms with Crippen LogP contribution < -0.4 is 9.47 Å². The monoisotopic (exact) mass is 281 g/mol. The van der Waals surface area contributed by atoms with Gasteiger partial charge in [-0.15, -0.1) is 5.10 Å². The smallest absolute Gasteiger partial charge is 0.180 e. The maximum Gasteiger partial charge on any atom is 0.180 e. The van der Waals surface area contributed by atoms with Crippen LogP contribution in [0.2, 0.25) is 5.02 Å². The number of carbonyl (C=O) groups excluding carboxylic acids is 1. The fourth-order valence-corrected chi connectivity index (χ4v) is 1.83. The molecule has 6 nitrogen and oxygen atoms in total. The highest BCUT2D eigenvalue weighted by Crippen LogP contribution is 2.36. The summed E-state index contributed by atoms with van der Waals surface area (Å²) >= 11 is 6.06. The topological polar surface area (TPSA) is 66.2 Å². The minimum Gasteiger partial charge on any atom is -0.493 e. The number of aromatic nitrogens is 3. The summed E-state index contributed by atoms with van der Waals surface area (Å²) in [6, 6.07) is 3.08. The second-order valence-electron chi connectivity index (χ2n) is 3.82. The van der Waals surface area contributed by atoms with Crippen molar-refractivity contribution < 1.29 is 14.3 Å². The van der Waals surface area contributed by atoms with Crippen LogP contribution in [0.3, 0.4) is 0 Å². The van der Waals surface area contributed by atoms with Crippen molar-refractivity contribution in [1.29, 1.82) is 0 Å². The molecule has 0 N–H and O–H groups in total. The number of ether oxygens (including phenoxy) is 2. The molecule has 0 aliphatic heterocycles. The normalized spacial score (nSPS) is 10.3. The van der Waals surface area contributed by atoms with E-state index in [1.165, 1.54) is 13.2 Å². The van der Waals surface area contributed by atoms with Crippen molar-refractivity contribution in [2.24, 2.45) is 7.05 Å². The number of aryl methyl sites for hydroxylation is 1. The van der Waals surface area contributed by atoms with Gasteiger partial charge in [0.15, 0.2) is 11.5 Å². The van der Waals surface area contributed by atoms with E-state index < -0.39 is 0 Å². The Balaban J connectivity index is 2.21. The number of nitrogens with zero attached hydrogens (tertiary/aromatic N) is 3. The third kappa shape index (κ3) is 3.03. The van der Waals surface area contributed by atoms with Gasteiger partial charge in [0, 0.05) is 12.6 Å². The van der Waals surface area contributed by atoms with Gasteiger partial charge in [-0.3, -0.25) is 9.48 Å². The Hall–Kier alpha value is -2.08. The number of carbonyl (C=O) groups is 1. The van der Waals surface area contributed by atoms with Gasteiger partial charge in [-0.05, 0) is 12.1 Å². The first kappa shape index (κ1) is 13.4. The molecule has 0 bridgehead atoms. The molecule has 100 valence electrons. The molecule has 0 saturated heterocycles. The average molecular weight is 282 g/mol. The Labute approximate surface area is 114 Å². The fourth-order valence-electron chi connectivity index (χ4n) is 1.56. The summed E-state index contributed by atoms with van der Waals surface area (Å²) in [5.41, 5.74) is 1.09. The predicted octanol–water partition coefficient (Wildman–Crippen LogP) is 1.87. The predicted molar refractivity (Wildman–Crippen MR) is 68.7 cm³/mol. The van der Waals surface area contributed by atoms with E-state index in [4.69, 9.17) is 21.1 Å². The highest BCUT2D eigenvalue weighted by Gasteiger charge is 2.12. The number of benzene rings is 1. The number of aldehydes is 1. The van der Waals surface area contributed by atoms with Gasteiger partial charge in [-0.2, -0.15) is 0 Å². The van der Waals surface area contributed by atoms with Crippen molar-refractivity contribution in [2.45, 2.75) is 6.61 Å². The third-order valence-corrected chi connectivity index (χ3v) is 2.68. The summed E-state index contributed by atoms with van der Waals surface area (Å²) in [4.78, 5) is 10.7. The van der Waals surface area contributed by atoms with Gasteiger partial charge in [-0.25, -0.2) is 0 Å². The molecule has 7 heteroatoms. The van der Waals surface area contributed by atoms with E-state index in [1.807, 2.05) is 0 Å². The van der Waals surface area contributed by atoms with Crippen molar-refractivity contribution in [3.63, 3.8) is 0 Å². The fraction of sp³-hybridized carbons (Fsp3) is 0.250. The molecule has 0 atom stereocenters. The summed E-state index contributed by atoms with van der Waals surface area (Å²) in [6.45, 7) is 0.213. The lowest BCUT2D eigenvalue weighted by atomic mass is 10.2. The Kier molecular flexibility index (Phi) is 4.01. The maximum atomic E-state index is 10.7. The molecule has 0 aliphatic rings. The van der Waals surface area contributed by atoms with Crippen molar-refractivity contribution in [1.82, 2.24) is 15.0 Å². The molecule has 2 aromatic rings. The van der Waals surface area contributed by atoms with E-state index >= 15 is 0 Å². The molecular formula is C12H12ClN3O3. The van der Waals surface area contributed by atoms with Crippen LogP contribution in [0.1, 0.15) is 16.1 Å². The Bertz CT molecular complexity index is 598. The molecule has 0 saturated carbocycles. The maximum absolute atomic E-state index is 10.7. The Morgan fingerprint density at radius 3 is 2.84 bits per heavy atom. The standard InChI is InChI=1S/C12H12ClN3O3/c1-16-5-9(14-15-16)7-19-12-10(13)3-8(6-17)4-11(12)18-2/h3-6H,7H2,1-2H3. The van der Waals surface area contributed by atoms with Gasteiger partial charge >= 0.3 is 0 Å². The minimum atomic E-state index is 0.213. The quantitative estimate of drug-likeness (QED) is 0.783. The lowest BCUT2D eigenvalue weighted by Crippen LogP contribution is -1.99. The van der Waals surface area contributed by atoms with Gasteiger partial charge in [0.05, 0.1) is 18.3 Å². The van der Waals surface area contributed by atoms with Crippen LogP contribution >= 0.6 is 11.6 Å². The second kappa shape index (κ2) is 5.71. The van der Waals surface area contributed by atoms with E-state index in [2.05, 4.69) is 10.3 Å². The number of halogens is 1. The van der Waals surface area contributed by atoms with Crippen LogP contribution in [-0.2, 0) is 13.7 Å². The molecule has 19 heavy (non-hydrogen) atoms. The van der Waals surface area contributed by atoms with Crippen molar-refractivity contribution in [3.05, 3.63) is 34.6 Å². The average Bonchev–Trinajstić information content (AvgIpc) is 2.82. The molecule has 0 unspecified atom stereocenters. The lowest BCUT2D eigenvalue weighted by molar-refractivity contribution is 0.112. The molecule has 0 amide bonds. The van der Waals surface area contributed by atoms with Crippen molar-refractivity contribution in [3.8, 4) is 11.5 Å². The van der Waals surface area contributed by atoms with E-state index in [0.29, 0.717) is 34.1 Å². The minimum absolute atomic E-state index is 0.213. The van der Waals surface area contributed by atoms with Crippen LogP contribution in [0.15, 0.2) is 18.3 Å². The van der Waals surface area contributed by atoms with Crippen LogP contribution in [0.5, 0.6) is 11.5 Å². The highest BCUT2D eigenvalue weighted by molar-refractivity contribution is 6.32. The van der Waals surface area contributed by atoms with Gasteiger partial charge in [0.1, 0.15) is 18.6 Å². The molecule has 1 aromatic heterocycles. The van der Waals surface area contributed by atoms with Crippen LogP contribution in [0.4, 0.5) is 0 Å². The molecule has 0 radical (unpaired) electrons. The van der Waals surface area contributed by atoms with E-state index in [-0.39, 0.29) is 6.61 Å². The molecular weight excluding hydrogens is 270 g/mol. The molecule has 1 heterocycles. The summed E-state index contributed by atoms with van der Waals surface area (Å²) in [5.74, 6) is 0.777. The molecule has 0 aliphatic carbocycles. The number of hydrogen-bond acceptors (Lipinski definition) is 5. The Morgan fingerprint density at radius 2 is 2.26 bits per heavy atom. The second-order valence-corrected chi connectivity index (χ2v) is 4.23. The van der Waals surface area contributed by atoms with E-state index in [9.17, 15) is 4.79 Å². The molecule has 2 rings (SSSR count). The third-order valence-electron chi connectivity index (χ3n) is 2.40. The van der Waals surface area contributed by atoms with Crippen LogP contribution in [0, 0.1) is 0 Å². The van der Waals surface area contributed by atoms with Gasteiger partial charge in [0.25, 0.3) is 0 Å². The summed E-state index contributed by atoms with van der Waals surface area (Å²) < 4.78 is 12.3. The molecule has 0 spiro atoms. The largest absolute Gasteiger partial charge is 0.493 e. The van der Waals surface area contributed by atoms with Crippen LogP contribution in [0.25, 0.3) is 0 Å². The lowest BCUT2D eigenvalue weighted by Gasteiger charge is -2.11. The van der Waals surface area contributed by atoms with Crippen molar-refractivity contribution >= 4 is 17.9 Å². The van der Waals surface area contributed by atoms with E-state index in [1.54, 1.807) is 24.0 Å². The zero-order valence-electron chi connectivity index (χ0n) is 10.5. The first-order chi connectivity index (χ1) is 9.13. The number of hydrogen-bond donors (Lipinski definition) is 0. The van der Waals surface area contributed by atoms with Crippen molar-refractivity contribution in [2.75, 3.05) is 7.11 Å². The first-order valence-electron chi connectivity index (χ1n) is 5.44. The SMILES string of the molecule is COc1cc(C=O)cc(Cl)c1OCc1cn(C)nn1. The summed E-state index contributed by atoms with van der Waals surface area (Å²) in [6.07, 6.45) is 2.43. The van der Waals surface area contributed by atoms with Gasteiger partial charge in [-0.1, -0.05) is 16.8 Å². The summed E-state index contributed by atoms with van der Waals surface area (Å²) in [7, 11) is 3.25. The summed E-state index contributed by atoms with van der Waals surface area (Å²) in [5, 5.41) is 8.01. The van der Waals surface area contributed by atoms with E-state index in [0.717, 1.165) is 0 Å². The zero-order valence-corrected chi connectivity index (χ0v) is 11.2. The molecule has 0 fully saturated rings. The first-order valence-corrected chi connectivity index (χ1v) is 5.82. The number of methoxy groups -OCH3 is 1.